The Balaban J connectivity index is 1.34. The molecule has 3 aliphatic rings. The molecule has 1 saturated carbocycles. The summed E-state index contributed by atoms with van der Waals surface area (Å²) in [4.78, 5) is 24.5. The fourth-order valence-corrected chi connectivity index (χ4v) is 4.76. The third kappa shape index (κ3) is 2.97. The van der Waals surface area contributed by atoms with Crippen molar-refractivity contribution in [1.29, 1.82) is 0 Å². The highest BCUT2D eigenvalue weighted by molar-refractivity contribution is 5.83. The van der Waals surface area contributed by atoms with Gasteiger partial charge in [-0.1, -0.05) is 30.3 Å². The molecule has 3 heterocycles. The average Bonchev–Trinajstić information content (AvgIpc) is 3.29. The number of hydrogen-bond acceptors (Lipinski definition) is 5. The number of nitrogens with zero attached hydrogens (tertiary/aromatic N) is 5. The molecule has 144 valence electrons. The van der Waals surface area contributed by atoms with Crippen molar-refractivity contribution in [3.63, 3.8) is 0 Å². The van der Waals surface area contributed by atoms with E-state index in [1.54, 1.807) is 11.3 Å². The first-order valence-electron chi connectivity index (χ1n) is 10.1. The summed E-state index contributed by atoms with van der Waals surface area (Å²) in [5.74, 6) is 1.22. The molecule has 6 heteroatoms. The number of anilines is 1. The molecule has 1 amide bonds. The third-order valence-electron chi connectivity index (χ3n) is 6.48. The van der Waals surface area contributed by atoms with Crippen molar-refractivity contribution in [2.75, 3.05) is 18.0 Å². The number of rotatable bonds is 3. The Labute approximate surface area is 165 Å². The lowest BCUT2D eigenvalue weighted by Gasteiger charge is -2.40. The molecule has 2 unspecified atom stereocenters. The van der Waals surface area contributed by atoms with Crippen LogP contribution in [0.1, 0.15) is 43.0 Å². The molecule has 6 nitrogen and oxygen atoms in total. The summed E-state index contributed by atoms with van der Waals surface area (Å²) in [6.45, 7) is 3.74. The molecule has 1 aromatic carbocycles. The predicted octanol–water partition coefficient (Wildman–Crippen LogP) is 3.35. The maximum atomic E-state index is 13.5. The van der Waals surface area contributed by atoms with Gasteiger partial charge in [0.2, 0.25) is 5.91 Å². The summed E-state index contributed by atoms with van der Waals surface area (Å²) in [6, 6.07) is 12.3. The Hall–Kier alpha value is -2.76. The van der Waals surface area contributed by atoms with Gasteiger partial charge >= 0.3 is 0 Å². The smallest absolute Gasteiger partial charge is 0.247 e. The Kier molecular flexibility index (Phi) is 4.14. The number of piperidine rings is 1. The number of hydrazone groups is 1. The van der Waals surface area contributed by atoms with Crippen molar-refractivity contribution in [2.24, 2.45) is 16.4 Å². The van der Waals surface area contributed by atoms with Gasteiger partial charge in [-0.2, -0.15) is 5.10 Å². The SMILES string of the molecule is Cc1cc(N2CCC(C(=O)N3N=CCC3c3ccccc3)C3(CC3)C2)ncn1. The van der Waals surface area contributed by atoms with E-state index in [0.29, 0.717) is 0 Å². The standard InChI is InChI=1S/C22H25N5O/c1-16-13-20(24-15-23-16)26-12-8-18(22(14-26)9-10-22)21(28)27-19(7-11-25-27)17-5-3-2-4-6-17/h2-6,11,13,15,18-19H,7-10,12,14H2,1H3. The zero-order valence-electron chi connectivity index (χ0n) is 16.2. The van der Waals surface area contributed by atoms with Crippen molar-refractivity contribution in [3.8, 4) is 0 Å². The van der Waals surface area contributed by atoms with Crippen molar-refractivity contribution >= 4 is 17.9 Å². The van der Waals surface area contributed by atoms with Crippen LogP contribution in [0, 0.1) is 18.3 Å². The number of carbonyl (C=O) groups is 1. The monoisotopic (exact) mass is 375 g/mol. The summed E-state index contributed by atoms with van der Waals surface area (Å²) in [7, 11) is 0. The van der Waals surface area contributed by atoms with Crippen LogP contribution in [0.15, 0.2) is 47.8 Å². The zero-order chi connectivity index (χ0) is 19.1. The van der Waals surface area contributed by atoms with Crippen molar-refractivity contribution in [2.45, 2.75) is 38.6 Å². The van der Waals surface area contributed by atoms with Crippen LogP contribution in [0.5, 0.6) is 0 Å². The van der Waals surface area contributed by atoms with E-state index in [1.165, 1.54) is 0 Å². The van der Waals surface area contributed by atoms with E-state index in [9.17, 15) is 4.79 Å². The molecule has 2 atom stereocenters. The van der Waals surface area contributed by atoms with Gasteiger partial charge in [-0.3, -0.25) is 4.79 Å². The normalized spacial score (nSPS) is 25.3. The number of carbonyl (C=O) groups excluding carboxylic acids is 1. The molecular weight excluding hydrogens is 350 g/mol. The van der Waals surface area contributed by atoms with E-state index in [1.807, 2.05) is 37.4 Å². The Morgan fingerprint density at radius 3 is 2.75 bits per heavy atom. The Morgan fingerprint density at radius 2 is 2.00 bits per heavy atom. The highest BCUT2D eigenvalue weighted by Crippen LogP contribution is 2.57. The van der Waals surface area contributed by atoms with Crippen LogP contribution in [0.3, 0.4) is 0 Å². The molecule has 0 N–H and O–H groups in total. The lowest BCUT2D eigenvalue weighted by Crippen LogP contribution is -2.48. The number of amides is 1. The third-order valence-corrected chi connectivity index (χ3v) is 6.48. The van der Waals surface area contributed by atoms with E-state index in [4.69, 9.17) is 0 Å². The van der Waals surface area contributed by atoms with E-state index < -0.39 is 0 Å². The van der Waals surface area contributed by atoms with Gasteiger partial charge in [-0.15, -0.1) is 0 Å². The van der Waals surface area contributed by atoms with Crippen LogP contribution in [0.4, 0.5) is 5.82 Å². The van der Waals surface area contributed by atoms with Crippen LogP contribution in [-0.2, 0) is 4.79 Å². The van der Waals surface area contributed by atoms with Crippen molar-refractivity contribution < 1.29 is 4.79 Å². The number of aryl methyl sites for hydroxylation is 1. The molecule has 0 bridgehead atoms. The van der Waals surface area contributed by atoms with Gasteiger partial charge in [0.15, 0.2) is 0 Å². The van der Waals surface area contributed by atoms with Crippen LogP contribution in [0.2, 0.25) is 0 Å². The molecule has 28 heavy (non-hydrogen) atoms. The molecular formula is C22H25N5O. The summed E-state index contributed by atoms with van der Waals surface area (Å²) in [6.07, 6.45) is 7.38. The first-order valence-corrected chi connectivity index (χ1v) is 10.1. The van der Waals surface area contributed by atoms with Crippen molar-refractivity contribution in [3.05, 3.63) is 54.0 Å². The summed E-state index contributed by atoms with van der Waals surface area (Å²) < 4.78 is 0. The Morgan fingerprint density at radius 1 is 1.18 bits per heavy atom. The van der Waals surface area contributed by atoms with Gasteiger partial charge < -0.3 is 4.90 Å². The minimum Gasteiger partial charge on any atom is -0.356 e. The first-order chi connectivity index (χ1) is 13.7. The fraction of sp³-hybridized carbons (Fsp3) is 0.455. The molecule has 0 radical (unpaired) electrons. The topological polar surface area (TPSA) is 61.7 Å². The summed E-state index contributed by atoms with van der Waals surface area (Å²) in [5, 5.41) is 6.23. The molecule has 1 aromatic heterocycles. The molecule has 1 spiro atoms. The van der Waals surface area contributed by atoms with Gasteiger partial charge in [0.05, 0.1) is 6.04 Å². The predicted molar refractivity (Wildman–Crippen MR) is 108 cm³/mol. The minimum absolute atomic E-state index is 0.0343. The average molecular weight is 375 g/mol. The largest absolute Gasteiger partial charge is 0.356 e. The first kappa shape index (κ1) is 17.3. The van der Waals surface area contributed by atoms with Gasteiger partial charge in [0, 0.05) is 43.4 Å². The maximum absolute atomic E-state index is 13.5. The van der Waals surface area contributed by atoms with Crippen molar-refractivity contribution in [1.82, 2.24) is 15.0 Å². The zero-order valence-corrected chi connectivity index (χ0v) is 16.2. The highest BCUT2D eigenvalue weighted by Gasteiger charge is 2.56. The summed E-state index contributed by atoms with van der Waals surface area (Å²) in [5.41, 5.74) is 2.21. The van der Waals surface area contributed by atoms with Crippen LogP contribution >= 0.6 is 0 Å². The van der Waals surface area contributed by atoms with Gasteiger partial charge in [0.1, 0.15) is 12.1 Å². The van der Waals surface area contributed by atoms with Gasteiger partial charge in [-0.05, 0) is 37.2 Å². The number of hydrogen-bond donors (Lipinski definition) is 0. The van der Waals surface area contributed by atoms with Gasteiger partial charge in [0.25, 0.3) is 0 Å². The molecule has 2 aliphatic heterocycles. The minimum atomic E-state index is 0.0343. The molecule has 5 rings (SSSR count). The highest BCUT2D eigenvalue weighted by atomic mass is 16.2. The second-order valence-electron chi connectivity index (χ2n) is 8.29. The van der Waals surface area contributed by atoms with Gasteiger partial charge in [-0.25, -0.2) is 15.0 Å². The van der Waals surface area contributed by atoms with Crippen LogP contribution in [-0.4, -0.2) is 40.2 Å². The quantitative estimate of drug-likeness (QED) is 0.825. The lowest BCUT2D eigenvalue weighted by molar-refractivity contribution is -0.140. The second kappa shape index (κ2) is 6.69. The van der Waals surface area contributed by atoms with E-state index in [-0.39, 0.29) is 23.3 Å². The number of benzene rings is 1. The molecule has 2 aromatic rings. The Bertz CT molecular complexity index is 908. The van der Waals surface area contributed by atoms with Crippen LogP contribution < -0.4 is 4.90 Å². The molecule has 2 fully saturated rings. The molecule has 1 saturated heterocycles. The van der Waals surface area contributed by atoms with Crippen LogP contribution in [0.25, 0.3) is 0 Å². The summed E-state index contributed by atoms with van der Waals surface area (Å²) >= 11 is 0. The van der Waals surface area contributed by atoms with E-state index in [2.05, 4.69) is 32.1 Å². The second-order valence-corrected chi connectivity index (χ2v) is 8.29. The number of aromatic nitrogens is 2. The maximum Gasteiger partial charge on any atom is 0.247 e. The van der Waals surface area contributed by atoms with E-state index >= 15 is 0 Å². The molecule has 1 aliphatic carbocycles. The lowest BCUT2D eigenvalue weighted by atomic mass is 9.81. The van der Waals surface area contributed by atoms with E-state index in [0.717, 1.165) is 55.8 Å². The fourth-order valence-electron chi connectivity index (χ4n) is 4.76.